The predicted molar refractivity (Wildman–Crippen MR) is 82.4 cm³/mol. The van der Waals surface area contributed by atoms with Gasteiger partial charge in [-0.2, -0.15) is 5.10 Å². The van der Waals surface area contributed by atoms with Crippen LogP contribution in [0.1, 0.15) is 10.4 Å². The molecule has 0 unspecified atom stereocenters. The quantitative estimate of drug-likeness (QED) is 0.512. The Labute approximate surface area is 116 Å². The van der Waals surface area contributed by atoms with E-state index in [0.717, 1.165) is 10.6 Å². The molecule has 0 aliphatic rings. The van der Waals surface area contributed by atoms with Crippen molar-refractivity contribution in [1.29, 1.82) is 0 Å². The standard InChI is InChI=1S/C13H13N3S2/c1-10-7-8-18-12(10)9-14-16-13(17)15-11-5-3-2-4-6-11/h2-9H,1H3,(H2,15,16,17)/b14-9-. The van der Waals surface area contributed by atoms with Crippen LogP contribution in [-0.4, -0.2) is 11.3 Å². The number of nitrogens with one attached hydrogen (secondary N) is 2. The highest BCUT2D eigenvalue weighted by molar-refractivity contribution is 7.80. The van der Waals surface area contributed by atoms with Crippen molar-refractivity contribution in [3.05, 3.63) is 52.2 Å². The molecule has 1 aromatic carbocycles. The Balaban J connectivity index is 1.86. The van der Waals surface area contributed by atoms with Gasteiger partial charge in [0.15, 0.2) is 5.11 Å². The van der Waals surface area contributed by atoms with Crippen molar-refractivity contribution in [1.82, 2.24) is 5.43 Å². The number of hydrogen-bond donors (Lipinski definition) is 2. The lowest BCUT2D eigenvalue weighted by Gasteiger charge is -2.05. The fraction of sp³-hybridized carbons (Fsp3) is 0.0769. The number of para-hydroxylation sites is 1. The van der Waals surface area contributed by atoms with Gasteiger partial charge in [0.2, 0.25) is 0 Å². The molecular weight excluding hydrogens is 262 g/mol. The molecule has 92 valence electrons. The first-order chi connectivity index (χ1) is 8.75. The summed E-state index contributed by atoms with van der Waals surface area (Å²) in [6, 6.07) is 11.8. The van der Waals surface area contributed by atoms with Gasteiger partial charge in [0.25, 0.3) is 0 Å². The summed E-state index contributed by atoms with van der Waals surface area (Å²) < 4.78 is 0. The molecule has 0 atom stereocenters. The molecule has 5 heteroatoms. The lowest BCUT2D eigenvalue weighted by molar-refractivity contribution is 1.05. The Morgan fingerprint density at radius 3 is 2.72 bits per heavy atom. The molecule has 0 bridgehead atoms. The highest BCUT2D eigenvalue weighted by atomic mass is 32.1. The van der Waals surface area contributed by atoms with Gasteiger partial charge >= 0.3 is 0 Å². The van der Waals surface area contributed by atoms with Crippen molar-refractivity contribution in [2.75, 3.05) is 5.32 Å². The predicted octanol–water partition coefficient (Wildman–Crippen LogP) is 3.38. The molecule has 0 saturated heterocycles. The number of benzene rings is 1. The van der Waals surface area contributed by atoms with E-state index in [1.165, 1.54) is 5.56 Å². The molecule has 2 aromatic rings. The van der Waals surface area contributed by atoms with Gasteiger partial charge in [0, 0.05) is 10.6 Å². The highest BCUT2D eigenvalue weighted by Crippen LogP contribution is 2.12. The van der Waals surface area contributed by atoms with E-state index in [9.17, 15) is 0 Å². The minimum Gasteiger partial charge on any atom is -0.331 e. The van der Waals surface area contributed by atoms with E-state index in [4.69, 9.17) is 12.2 Å². The molecule has 0 saturated carbocycles. The molecule has 0 aliphatic carbocycles. The molecule has 0 radical (unpaired) electrons. The maximum absolute atomic E-state index is 5.13. The van der Waals surface area contributed by atoms with E-state index in [1.54, 1.807) is 17.6 Å². The Morgan fingerprint density at radius 1 is 1.28 bits per heavy atom. The van der Waals surface area contributed by atoms with E-state index in [2.05, 4.69) is 28.8 Å². The first kappa shape index (κ1) is 12.7. The van der Waals surface area contributed by atoms with Crippen LogP contribution >= 0.6 is 23.6 Å². The topological polar surface area (TPSA) is 36.4 Å². The van der Waals surface area contributed by atoms with Crippen LogP contribution in [0, 0.1) is 6.92 Å². The molecule has 0 aliphatic heterocycles. The number of hydrazone groups is 1. The van der Waals surface area contributed by atoms with Crippen LogP contribution in [0.2, 0.25) is 0 Å². The average molecular weight is 275 g/mol. The fourth-order valence-corrected chi connectivity index (χ4v) is 2.30. The smallest absolute Gasteiger partial charge is 0.191 e. The molecule has 18 heavy (non-hydrogen) atoms. The monoisotopic (exact) mass is 275 g/mol. The lowest BCUT2D eigenvalue weighted by Crippen LogP contribution is -2.23. The van der Waals surface area contributed by atoms with Gasteiger partial charge in [-0.3, -0.25) is 5.43 Å². The molecule has 2 rings (SSSR count). The maximum Gasteiger partial charge on any atom is 0.191 e. The number of thiocarbonyl (C=S) groups is 1. The minimum absolute atomic E-state index is 0.478. The van der Waals surface area contributed by atoms with Crippen molar-refractivity contribution in [3.63, 3.8) is 0 Å². The van der Waals surface area contributed by atoms with Crippen LogP contribution in [0.5, 0.6) is 0 Å². The van der Waals surface area contributed by atoms with E-state index in [1.807, 2.05) is 35.7 Å². The normalized spacial score (nSPS) is 10.5. The lowest BCUT2D eigenvalue weighted by atomic mass is 10.3. The average Bonchev–Trinajstić information content (AvgIpc) is 2.76. The summed E-state index contributed by atoms with van der Waals surface area (Å²) in [6.07, 6.45) is 1.78. The van der Waals surface area contributed by atoms with Crippen molar-refractivity contribution < 1.29 is 0 Å². The number of rotatable bonds is 3. The molecule has 1 heterocycles. The molecular formula is C13H13N3S2. The zero-order chi connectivity index (χ0) is 12.8. The van der Waals surface area contributed by atoms with E-state index in [-0.39, 0.29) is 0 Å². The van der Waals surface area contributed by atoms with Gasteiger partial charge in [0.1, 0.15) is 0 Å². The second-order valence-electron chi connectivity index (χ2n) is 3.66. The maximum atomic E-state index is 5.13. The SMILES string of the molecule is Cc1ccsc1/C=N\NC(=S)Nc1ccccc1. The van der Waals surface area contributed by atoms with Gasteiger partial charge in [-0.15, -0.1) is 11.3 Å². The summed E-state index contributed by atoms with van der Waals surface area (Å²) in [5.74, 6) is 0. The molecule has 0 amide bonds. The Kier molecular flexibility index (Phi) is 4.44. The fourth-order valence-electron chi connectivity index (χ4n) is 1.35. The van der Waals surface area contributed by atoms with Gasteiger partial charge in [0.05, 0.1) is 6.21 Å². The molecule has 0 fully saturated rings. The Bertz CT molecular complexity index is 546. The summed E-state index contributed by atoms with van der Waals surface area (Å²) in [5, 5.41) is 9.67. The summed E-state index contributed by atoms with van der Waals surface area (Å²) in [5.41, 5.74) is 4.95. The summed E-state index contributed by atoms with van der Waals surface area (Å²) >= 11 is 6.78. The first-order valence-electron chi connectivity index (χ1n) is 5.45. The van der Waals surface area contributed by atoms with Crippen molar-refractivity contribution in [3.8, 4) is 0 Å². The van der Waals surface area contributed by atoms with Crippen LogP contribution < -0.4 is 10.7 Å². The van der Waals surface area contributed by atoms with Crippen LogP contribution in [-0.2, 0) is 0 Å². The summed E-state index contributed by atoms with van der Waals surface area (Å²) in [7, 11) is 0. The molecule has 0 spiro atoms. The summed E-state index contributed by atoms with van der Waals surface area (Å²) in [6.45, 7) is 2.05. The van der Waals surface area contributed by atoms with Gasteiger partial charge in [-0.05, 0) is 48.3 Å². The highest BCUT2D eigenvalue weighted by Gasteiger charge is 1.96. The van der Waals surface area contributed by atoms with Gasteiger partial charge in [-0.25, -0.2) is 0 Å². The number of aryl methyl sites for hydroxylation is 1. The molecule has 3 nitrogen and oxygen atoms in total. The van der Waals surface area contributed by atoms with E-state index >= 15 is 0 Å². The Morgan fingerprint density at radius 2 is 2.06 bits per heavy atom. The van der Waals surface area contributed by atoms with E-state index in [0.29, 0.717) is 5.11 Å². The van der Waals surface area contributed by atoms with Crippen LogP contribution in [0.25, 0.3) is 0 Å². The largest absolute Gasteiger partial charge is 0.331 e. The summed E-state index contributed by atoms with van der Waals surface area (Å²) in [4.78, 5) is 1.13. The van der Waals surface area contributed by atoms with Crippen LogP contribution in [0.15, 0.2) is 46.9 Å². The minimum atomic E-state index is 0.478. The van der Waals surface area contributed by atoms with Crippen LogP contribution in [0.3, 0.4) is 0 Å². The van der Waals surface area contributed by atoms with Crippen molar-refractivity contribution >= 4 is 40.6 Å². The van der Waals surface area contributed by atoms with Gasteiger partial charge in [-0.1, -0.05) is 18.2 Å². The molecule has 2 N–H and O–H groups in total. The number of thiophene rings is 1. The molecule has 1 aromatic heterocycles. The second kappa shape index (κ2) is 6.28. The number of hydrogen-bond acceptors (Lipinski definition) is 3. The third kappa shape index (κ3) is 3.65. The third-order valence-corrected chi connectivity index (χ3v) is 3.43. The third-order valence-electron chi connectivity index (χ3n) is 2.28. The first-order valence-corrected chi connectivity index (χ1v) is 6.74. The zero-order valence-corrected chi connectivity index (χ0v) is 11.5. The zero-order valence-electron chi connectivity index (χ0n) is 9.88. The Hall–Kier alpha value is -1.72. The second-order valence-corrected chi connectivity index (χ2v) is 5.01. The van der Waals surface area contributed by atoms with Crippen LogP contribution in [0.4, 0.5) is 5.69 Å². The van der Waals surface area contributed by atoms with Crippen molar-refractivity contribution in [2.45, 2.75) is 6.92 Å². The van der Waals surface area contributed by atoms with Crippen molar-refractivity contribution in [2.24, 2.45) is 5.10 Å². The number of nitrogens with zero attached hydrogens (tertiary/aromatic N) is 1. The number of anilines is 1. The van der Waals surface area contributed by atoms with E-state index < -0.39 is 0 Å². The van der Waals surface area contributed by atoms with Gasteiger partial charge < -0.3 is 5.32 Å².